The predicted molar refractivity (Wildman–Crippen MR) is 61.5 cm³/mol. The molecular weight excluding hydrogens is 186 g/mol. The van der Waals surface area contributed by atoms with Crippen molar-refractivity contribution in [1.29, 1.82) is 0 Å². The van der Waals surface area contributed by atoms with Crippen LogP contribution in [0.25, 0.3) is 0 Å². The average molecular weight is 209 g/mol. The van der Waals surface area contributed by atoms with Crippen LogP contribution in [0.4, 0.5) is 0 Å². The minimum Gasteiger partial charge on any atom is -0.351 e. The van der Waals surface area contributed by atoms with Crippen molar-refractivity contribution in [2.75, 3.05) is 0 Å². The number of hydrogen-bond acceptors (Lipinski definition) is 1. The third kappa shape index (κ3) is 1.49. The number of nitrogens with one attached hydrogen (secondary N) is 1. The Morgan fingerprint density at radius 1 is 1.27 bits per heavy atom. The summed E-state index contributed by atoms with van der Waals surface area (Å²) in [6.07, 6.45) is 4.55. The Kier molecular flexibility index (Phi) is 2.36. The van der Waals surface area contributed by atoms with Crippen molar-refractivity contribution in [3.63, 3.8) is 0 Å². The van der Waals surface area contributed by atoms with E-state index in [1.807, 2.05) is 0 Å². The molecule has 1 aliphatic carbocycles. The normalized spacial score (nSPS) is 44.4. The lowest BCUT2D eigenvalue weighted by Crippen LogP contribution is -2.52. The molecule has 1 N–H and O–H groups in total. The second kappa shape index (κ2) is 3.23. The van der Waals surface area contributed by atoms with E-state index in [2.05, 4.69) is 33.0 Å². The van der Waals surface area contributed by atoms with Gasteiger partial charge in [-0.3, -0.25) is 4.79 Å². The summed E-state index contributed by atoms with van der Waals surface area (Å²) in [5, 5.41) is 3.17. The zero-order valence-corrected chi connectivity index (χ0v) is 10.4. The summed E-state index contributed by atoms with van der Waals surface area (Å²) < 4.78 is 0. The van der Waals surface area contributed by atoms with Crippen LogP contribution in [-0.4, -0.2) is 11.4 Å². The fourth-order valence-electron chi connectivity index (χ4n) is 3.88. The quantitative estimate of drug-likeness (QED) is 0.653. The molecule has 1 saturated heterocycles. The summed E-state index contributed by atoms with van der Waals surface area (Å²) in [7, 11) is 0. The zero-order chi connectivity index (χ0) is 11.3. The summed E-state index contributed by atoms with van der Waals surface area (Å²) in [5.41, 5.74) is 0.194. The van der Waals surface area contributed by atoms with Gasteiger partial charge in [0.25, 0.3) is 0 Å². The zero-order valence-electron chi connectivity index (χ0n) is 10.4. The van der Waals surface area contributed by atoms with Crippen LogP contribution in [0.3, 0.4) is 0 Å². The van der Waals surface area contributed by atoms with Gasteiger partial charge in [-0.15, -0.1) is 0 Å². The number of carbonyl (C=O) groups is 1. The van der Waals surface area contributed by atoms with Crippen molar-refractivity contribution in [2.24, 2.45) is 17.3 Å². The summed E-state index contributed by atoms with van der Waals surface area (Å²) >= 11 is 0. The van der Waals surface area contributed by atoms with E-state index in [9.17, 15) is 4.79 Å². The summed E-state index contributed by atoms with van der Waals surface area (Å²) in [4.78, 5) is 11.7. The molecule has 2 heteroatoms. The van der Waals surface area contributed by atoms with Crippen LogP contribution in [0.1, 0.15) is 53.4 Å². The Morgan fingerprint density at radius 2 is 1.93 bits per heavy atom. The Hall–Kier alpha value is -0.530. The third-order valence-electron chi connectivity index (χ3n) is 4.92. The average Bonchev–Trinajstić information content (AvgIpc) is 2.30. The maximum Gasteiger partial charge on any atom is 0.221 e. The molecule has 86 valence electrons. The van der Waals surface area contributed by atoms with Crippen LogP contribution in [0.5, 0.6) is 0 Å². The minimum atomic E-state index is -0.0157. The monoisotopic (exact) mass is 209 g/mol. The lowest BCUT2D eigenvalue weighted by atomic mass is 9.56. The maximum atomic E-state index is 11.7. The Bertz CT molecular complexity index is 284. The highest BCUT2D eigenvalue weighted by molar-refractivity contribution is 5.81. The molecule has 1 saturated carbocycles. The molecule has 2 rings (SSSR count). The second-order valence-corrected chi connectivity index (χ2v) is 6.29. The van der Waals surface area contributed by atoms with Gasteiger partial charge < -0.3 is 5.32 Å². The fraction of sp³-hybridized carbons (Fsp3) is 0.923. The van der Waals surface area contributed by atoms with Crippen molar-refractivity contribution in [2.45, 2.75) is 58.9 Å². The van der Waals surface area contributed by atoms with Gasteiger partial charge in [0.15, 0.2) is 0 Å². The van der Waals surface area contributed by atoms with E-state index < -0.39 is 0 Å². The number of carbonyl (C=O) groups excluding carboxylic acids is 1. The van der Waals surface area contributed by atoms with Gasteiger partial charge in [0, 0.05) is 17.4 Å². The maximum absolute atomic E-state index is 11.7. The van der Waals surface area contributed by atoms with Gasteiger partial charge in [-0.1, -0.05) is 20.3 Å². The minimum absolute atomic E-state index is 0.0157. The molecule has 0 bridgehead atoms. The lowest BCUT2D eigenvalue weighted by Gasteiger charge is -2.49. The van der Waals surface area contributed by atoms with E-state index in [0.29, 0.717) is 5.92 Å². The molecule has 1 spiro atoms. The highest BCUT2D eigenvalue weighted by Crippen LogP contribution is 2.55. The Morgan fingerprint density at radius 3 is 2.47 bits per heavy atom. The Labute approximate surface area is 92.8 Å². The van der Waals surface area contributed by atoms with Crippen molar-refractivity contribution in [3.05, 3.63) is 0 Å². The number of rotatable bonds is 0. The van der Waals surface area contributed by atoms with Gasteiger partial charge in [-0.05, 0) is 38.5 Å². The molecule has 2 nitrogen and oxygen atoms in total. The van der Waals surface area contributed by atoms with Crippen LogP contribution in [-0.2, 0) is 4.79 Å². The van der Waals surface area contributed by atoms with Gasteiger partial charge in [-0.2, -0.15) is 0 Å². The highest BCUT2D eigenvalue weighted by atomic mass is 16.2. The molecule has 2 fully saturated rings. The molecule has 3 unspecified atom stereocenters. The predicted octanol–water partition coefficient (Wildman–Crippen LogP) is 2.73. The van der Waals surface area contributed by atoms with Crippen molar-refractivity contribution in [3.8, 4) is 0 Å². The first-order valence-corrected chi connectivity index (χ1v) is 6.18. The standard InChI is InChI=1S/C13H23NO/c1-9-5-6-10(2)13(7-9)8-11(15)14-12(13,3)4/h9-10H,5-8H2,1-4H3,(H,14,15). The van der Waals surface area contributed by atoms with E-state index in [1.165, 1.54) is 19.3 Å². The first-order chi connectivity index (χ1) is 6.87. The molecule has 0 aromatic carbocycles. The van der Waals surface area contributed by atoms with E-state index in [0.717, 1.165) is 12.3 Å². The van der Waals surface area contributed by atoms with E-state index >= 15 is 0 Å². The van der Waals surface area contributed by atoms with E-state index in [4.69, 9.17) is 0 Å². The van der Waals surface area contributed by atoms with Gasteiger partial charge in [-0.25, -0.2) is 0 Å². The molecule has 0 aromatic rings. The summed E-state index contributed by atoms with van der Waals surface area (Å²) in [5.74, 6) is 1.69. The molecule has 3 atom stereocenters. The second-order valence-electron chi connectivity index (χ2n) is 6.29. The van der Waals surface area contributed by atoms with Crippen LogP contribution in [0, 0.1) is 17.3 Å². The molecular formula is C13H23NO. The van der Waals surface area contributed by atoms with Gasteiger partial charge >= 0.3 is 0 Å². The van der Waals surface area contributed by atoms with E-state index in [-0.39, 0.29) is 16.9 Å². The summed E-state index contributed by atoms with van der Waals surface area (Å²) in [6, 6.07) is 0. The van der Waals surface area contributed by atoms with Crippen LogP contribution in [0.15, 0.2) is 0 Å². The Balaban J connectivity index is 2.34. The molecule has 2 aliphatic rings. The van der Waals surface area contributed by atoms with E-state index in [1.54, 1.807) is 0 Å². The third-order valence-corrected chi connectivity index (χ3v) is 4.92. The molecule has 1 amide bonds. The van der Waals surface area contributed by atoms with Gasteiger partial charge in [0.2, 0.25) is 5.91 Å². The first kappa shape index (κ1) is 11.0. The van der Waals surface area contributed by atoms with Crippen LogP contribution >= 0.6 is 0 Å². The van der Waals surface area contributed by atoms with Crippen LogP contribution < -0.4 is 5.32 Å². The van der Waals surface area contributed by atoms with Gasteiger partial charge in [0.05, 0.1) is 0 Å². The number of hydrogen-bond donors (Lipinski definition) is 1. The largest absolute Gasteiger partial charge is 0.351 e. The SMILES string of the molecule is CC1CCC(C)C2(CC(=O)NC2(C)C)C1. The number of amides is 1. The van der Waals surface area contributed by atoms with Crippen molar-refractivity contribution in [1.82, 2.24) is 5.32 Å². The first-order valence-electron chi connectivity index (χ1n) is 6.18. The van der Waals surface area contributed by atoms with Crippen molar-refractivity contribution >= 4 is 5.91 Å². The smallest absolute Gasteiger partial charge is 0.221 e. The molecule has 15 heavy (non-hydrogen) atoms. The molecule has 0 aromatic heterocycles. The van der Waals surface area contributed by atoms with Crippen LogP contribution in [0.2, 0.25) is 0 Å². The fourth-order valence-corrected chi connectivity index (χ4v) is 3.88. The summed E-state index contributed by atoms with van der Waals surface area (Å²) in [6.45, 7) is 9.05. The molecule has 1 heterocycles. The highest BCUT2D eigenvalue weighted by Gasteiger charge is 2.56. The van der Waals surface area contributed by atoms with Gasteiger partial charge in [0.1, 0.15) is 0 Å². The lowest BCUT2D eigenvalue weighted by molar-refractivity contribution is -0.120. The molecule has 0 radical (unpaired) electrons. The topological polar surface area (TPSA) is 29.1 Å². The van der Waals surface area contributed by atoms with Crippen molar-refractivity contribution < 1.29 is 4.79 Å². The molecule has 1 aliphatic heterocycles.